The van der Waals surface area contributed by atoms with Crippen LogP contribution in [-0.2, 0) is 0 Å². The number of hydrogen-bond acceptors (Lipinski definition) is 5. The Kier molecular flexibility index (Phi) is 4.35. The number of nitrogens with two attached hydrogens (primary N) is 1. The molecule has 4 rings (SSSR count). The van der Waals surface area contributed by atoms with Gasteiger partial charge in [0.05, 0.1) is 10.5 Å². The minimum absolute atomic E-state index is 0.0800. The Morgan fingerprint density at radius 1 is 1.00 bits per heavy atom. The molecule has 0 spiro atoms. The second-order valence-corrected chi connectivity index (χ2v) is 6.85. The minimum atomic E-state index is -0.736. The third kappa shape index (κ3) is 3.34. The molecule has 2 N–H and O–H groups in total. The maximum absolute atomic E-state index is 11.8. The number of aromatic nitrogens is 1. The number of non-ortho nitro benzene ring substituents is 1. The number of hydrogen-bond donors (Lipinski definition) is 1. The predicted octanol–water partition coefficient (Wildman–Crippen LogP) is 4.79. The Hall–Kier alpha value is -4.00. The average molecular weight is 387 g/mol. The van der Waals surface area contributed by atoms with Crippen LogP contribution in [0.3, 0.4) is 0 Å². The van der Waals surface area contributed by atoms with Gasteiger partial charge in [-0.2, -0.15) is 0 Å². The van der Waals surface area contributed by atoms with Gasteiger partial charge in [-0.25, -0.2) is 4.98 Å². The third-order valence-electron chi connectivity index (χ3n) is 4.93. The molecule has 4 aromatic rings. The number of fused-ring (bicyclic) bond motifs is 1. The van der Waals surface area contributed by atoms with Gasteiger partial charge in [-0.15, -0.1) is 0 Å². The molecule has 7 heteroatoms. The second kappa shape index (κ2) is 6.87. The highest BCUT2D eigenvalue weighted by Gasteiger charge is 2.17. The van der Waals surface area contributed by atoms with Crippen molar-refractivity contribution in [2.24, 2.45) is 5.73 Å². The minimum Gasteiger partial charge on any atom is -0.436 e. The molecule has 0 fully saturated rings. The summed E-state index contributed by atoms with van der Waals surface area (Å²) in [7, 11) is 0. The zero-order valence-electron chi connectivity index (χ0n) is 15.8. The largest absolute Gasteiger partial charge is 0.436 e. The van der Waals surface area contributed by atoms with Crippen molar-refractivity contribution in [1.29, 1.82) is 0 Å². The molecule has 0 aliphatic heterocycles. The van der Waals surface area contributed by atoms with E-state index in [2.05, 4.69) is 4.98 Å². The van der Waals surface area contributed by atoms with E-state index >= 15 is 0 Å². The van der Waals surface area contributed by atoms with Crippen molar-refractivity contribution in [1.82, 2.24) is 4.98 Å². The van der Waals surface area contributed by atoms with Crippen LogP contribution in [0.4, 0.5) is 5.69 Å². The van der Waals surface area contributed by atoms with Gasteiger partial charge in [0, 0.05) is 17.7 Å². The van der Waals surface area contributed by atoms with Crippen LogP contribution in [0.2, 0.25) is 0 Å². The third-order valence-corrected chi connectivity index (χ3v) is 4.93. The van der Waals surface area contributed by atoms with E-state index in [0.717, 1.165) is 11.1 Å². The van der Waals surface area contributed by atoms with E-state index in [1.165, 1.54) is 23.8 Å². The van der Waals surface area contributed by atoms with Gasteiger partial charge in [0.15, 0.2) is 5.58 Å². The number of benzene rings is 3. The molecule has 0 unspecified atom stereocenters. The molecule has 1 amide bonds. The first-order valence-electron chi connectivity index (χ1n) is 8.90. The number of rotatable bonds is 4. The van der Waals surface area contributed by atoms with Crippen molar-refractivity contribution in [2.75, 3.05) is 0 Å². The van der Waals surface area contributed by atoms with Gasteiger partial charge in [-0.3, -0.25) is 14.9 Å². The maximum Gasteiger partial charge on any atom is 0.270 e. The van der Waals surface area contributed by atoms with Gasteiger partial charge in [-0.05, 0) is 66.4 Å². The number of nitro groups is 1. The molecule has 3 aromatic carbocycles. The summed E-state index contributed by atoms with van der Waals surface area (Å²) in [6, 6.07) is 15.3. The number of amides is 1. The summed E-state index contributed by atoms with van der Waals surface area (Å²) in [6.07, 6.45) is 0. The summed E-state index contributed by atoms with van der Waals surface area (Å²) in [5.41, 5.74) is 10.9. The fourth-order valence-corrected chi connectivity index (χ4v) is 3.19. The van der Waals surface area contributed by atoms with E-state index in [4.69, 9.17) is 10.2 Å². The molecule has 0 atom stereocenters. The fraction of sp³-hybridized carbons (Fsp3) is 0.0909. The first kappa shape index (κ1) is 18.4. The molecule has 1 aromatic heterocycles. The smallest absolute Gasteiger partial charge is 0.270 e. The standard InChI is InChI=1S/C22H17N3O4/c1-12-3-4-15(9-13(12)2)22-24-19-10-14(5-8-20(19)29-22)17-7-6-16(25(27)28)11-18(17)21(23)26/h3-11H,1-2H3,(H2,23,26). The second-order valence-electron chi connectivity index (χ2n) is 6.85. The van der Waals surface area contributed by atoms with Crippen molar-refractivity contribution in [3.05, 3.63) is 81.4 Å². The lowest BCUT2D eigenvalue weighted by Gasteiger charge is -2.06. The molecule has 0 radical (unpaired) electrons. The highest BCUT2D eigenvalue weighted by Crippen LogP contribution is 2.32. The Labute approximate surface area is 165 Å². The van der Waals surface area contributed by atoms with Gasteiger partial charge in [0.1, 0.15) is 5.52 Å². The van der Waals surface area contributed by atoms with Gasteiger partial charge in [-0.1, -0.05) is 12.1 Å². The fourth-order valence-electron chi connectivity index (χ4n) is 3.19. The molecular weight excluding hydrogens is 370 g/mol. The maximum atomic E-state index is 11.8. The van der Waals surface area contributed by atoms with Gasteiger partial charge in [0.2, 0.25) is 11.8 Å². The van der Waals surface area contributed by atoms with Crippen LogP contribution in [0, 0.1) is 24.0 Å². The van der Waals surface area contributed by atoms with Crippen LogP contribution in [0.15, 0.2) is 59.0 Å². The quantitative estimate of drug-likeness (QED) is 0.400. The summed E-state index contributed by atoms with van der Waals surface area (Å²) >= 11 is 0. The van der Waals surface area contributed by atoms with E-state index in [0.29, 0.717) is 28.1 Å². The normalized spacial score (nSPS) is 11.0. The van der Waals surface area contributed by atoms with Gasteiger partial charge < -0.3 is 10.2 Å². The number of oxazole rings is 1. The molecule has 29 heavy (non-hydrogen) atoms. The highest BCUT2D eigenvalue weighted by molar-refractivity contribution is 6.01. The van der Waals surface area contributed by atoms with Crippen LogP contribution in [0.5, 0.6) is 0 Å². The van der Waals surface area contributed by atoms with Crippen LogP contribution < -0.4 is 5.73 Å². The molecule has 0 saturated heterocycles. The Morgan fingerprint density at radius 3 is 2.45 bits per heavy atom. The molecule has 0 aliphatic rings. The van der Waals surface area contributed by atoms with E-state index in [-0.39, 0.29) is 11.3 Å². The lowest BCUT2D eigenvalue weighted by Crippen LogP contribution is -2.12. The Balaban J connectivity index is 1.81. The molecule has 0 saturated carbocycles. The molecular formula is C22H17N3O4. The summed E-state index contributed by atoms with van der Waals surface area (Å²) in [6.45, 7) is 4.07. The number of aryl methyl sites for hydroxylation is 2. The van der Waals surface area contributed by atoms with Crippen molar-refractivity contribution in [2.45, 2.75) is 13.8 Å². The summed E-state index contributed by atoms with van der Waals surface area (Å²) < 4.78 is 5.88. The summed E-state index contributed by atoms with van der Waals surface area (Å²) in [5.74, 6) is -0.237. The molecule has 1 heterocycles. The molecule has 144 valence electrons. The Morgan fingerprint density at radius 2 is 1.76 bits per heavy atom. The predicted molar refractivity (Wildman–Crippen MR) is 110 cm³/mol. The lowest BCUT2D eigenvalue weighted by atomic mass is 9.98. The average Bonchev–Trinajstić information content (AvgIpc) is 3.12. The van der Waals surface area contributed by atoms with Crippen molar-refractivity contribution in [3.8, 4) is 22.6 Å². The first-order valence-corrected chi connectivity index (χ1v) is 8.90. The van der Waals surface area contributed by atoms with Crippen LogP contribution >= 0.6 is 0 Å². The summed E-state index contributed by atoms with van der Waals surface area (Å²) in [4.78, 5) is 26.9. The monoisotopic (exact) mass is 387 g/mol. The highest BCUT2D eigenvalue weighted by atomic mass is 16.6. The van der Waals surface area contributed by atoms with Gasteiger partial charge >= 0.3 is 0 Å². The zero-order valence-corrected chi connectivity index (χ0v) is 15.8. The van der Waals surface area contributed by atoms with Crippen molar-refractivity contribution >= 4 is 22.7 Å². The number of nitrogens with zero attached hydrogens (tertiary/aromatic N) is 2. The van der Waals surface area contributed by atoms with Gasteiger partial charge in [0.25, 0.3) is 5.69 Å². The van der Waals surface area contributed by atoms with E-state index in [1.807, 2.05) is 32.0 Å². The number of nitro benzene ring substituents is 1. The Bertz CT molecular complexity index is 1290. The van der Waals surface area contributed by atoms with Crippen molar-refractivity contribution < 1.29 is 14.1 Å². The lowest BCUT2D eigenvalue weighted by molar-refractivity contribution is -0.384. The first-order chi connectivity index (χ1) is 13.8. The number of carbonyl (C=O) groups is 1. The van der Waals surface area contributed by atoms with Crippen LogP contribution in [0.1, 0.15) is 21.5 Å². The topological polar surface area (TPSA) is 112 Å². The molecule has 0 aliphatic carbocycles. The van der Waals surface area contributed by atoms with E-state index in [9.17, 15) is 14.9 Å². The van der Waals surface area contributed by atoms with Crippen LogP contribution in [0.25, 0.3) is 33.7 Å². The van der Waals surface area contributed by atoms with Crippen LogP contribution in [-0.4, -0.2) is 15.8 Å². The number of carbonyl (C=O) groups excluding carboxylic acids is 1. The van der Waals surface area contributed by atoms with E-state index < -0.39 is 10.8 Å². The number of primary amides is 1. The molecule has 0 bridgehead atoms. The van der Waals surface area contributed by atoms with E-state index in [1.54, 1.807) is 18.2 Å². The molecule has 7 nitrogen and oxygen atoms in total. The zero-order chi connectivity index (χ0) is 20.7. The summed E-state index contributed by atoms with van der Waals surface area (Å²) in [5, 5.41) is 11.0. The SMILES string of the molecule is Cc1ccc(-c2nc3cc(-c4ccc([N+](=O)[O-])cc4C(N)=O)ccc3o2)cc1C. The van der Waals surface area contributed by atoms with Crippen molar-refractivity contribution in [3.63, 3.8) is 0 Å².